The molecule has 0 amide bonds. The van der Waals surface area contributed by atoms with E-state index < -0.39 is 0 Å². The third kappa shape index (κ3) is 2.25. The average Bonchev–Trinajstić information content (AvgIpc) is 2.88. The number of nitrogen functional groups attached to an aromatic ring is 1. The molecule has 1 aliphatic heterocycles. The first-order valence-electron chi connectivity index (χ1n) is 7.17. The molecule has 1 saturated heterocycles. The van der Waals surface area contributed by atoms with Crippen molar-refractivity contribution >= 4 is 22.3 Å². The van der Waals surface area contributed by atoms with E-state index in [0.717, 1.165) is 35.6 Å². The van der Waals surface area contributed by atoms with Gasteiger partial charge in [-0.2, -0.15) is 0 Å². The lowest BCUT2D eigenvalue weighted by Gasteiger charge is -2.20. The number of nitrogens with two attached hydrogens (primary N) is 1. The zero-order valence-corrected chi connectivity index (χ0v) is 11.5. The Kier molecular flexibility index (Phi) is 3.28. The van der Waals surface area contributed by atoms with Crippen molar-refractivity contribution in [2.45, 2.75) is 26.2 Å². The lowest BCUT2D eigenvalue weighted by molar-refractivity contribution is 0.530. The first-order chi connectivity index (χ1) is 9.29. The Bertz CT molecular complexity index is 579. The van der Waals surface area contributed by atoms with Crippen LogP contribution >= 0.6 is 0 Å². The number of fused-ring (bicyclic) bond motifs is 1. The van der Waals surface area contributed by atoms with Crippen LogP contribution in [0.3, 0.4) is 0 Å². The second-order valence-corrected chi connectivity index (χ2v) is 5.46. The van der Waals surface area contributed by atoms with E-state index in [1.165, 1.54) is 24.9 Å². The van der Waals surface area contributed by atoms with Crippen LogP contribution in [0.25, 0.3) is 10.9 Å². The molecule has 0 radical (unpaired) electrons. The maximum Gasteiger partial charge on any atom is 0.0955 e. The fourth-order valence-corrected chi connectivity index (χ4v) is 3.13. The molecule has 1 atom stereocenters. The smallest absolute Gasteiger partial charge is 0.0955 e. The van der Waals surface area contributed by atoms with E-state index in [1.807, 2.05) is 18.3 Å². The van der Waals surface area contributed by atoms with Gasteiger partial charge in [-0.1, -0.05) is 13.3 Å². The highest BCUT2D eigenvalue weighted by Gasteiger charge is 2.23. The maximum atomic E-state index is 6.04. The fraction of sp³-hybridized carbons (Fsp3) is 0.438. The van der Waals surface area contributed by atoms with Crippen molar-refractivity contribution < 1.29 is 0 Å². The minimum absolute atomic E-state index is 0.816. The summed E-state index contributed by atoms with van der Waals surface area (Å²) in [5.41, 5.74) is 9.14. The van der Waals surface area contributed by atoms with Crippen LogP contribution < -0.4 is 10.6 Å². The molecule has 0 saturated carbocycles. The van der Waals surface area contributed by atoms with Crippen LogP contribution in [0, 0.1) is 5.92 Å². The lowest BCUT2D eigenvalue weighted by Crippen LogP contribution is -2.20. The Labute approximate surface area is 114 Å². The average molecular weight is 255 g/mol. The summed E-state index contributed by atoms with van der Waals surface area (Å²) in [7, 11) is 0. The monoisotopic (exact) mass is 255 g/mol. The predicted molar refractivity (Wildman–Crippen MR) is 81.4 cm³/mol. The highest BCUT2D eigenvalue weighted by atomic mass is 15.2. The molecule has 1 aliphatic rings. The van der Waals surface area contributed by atoms with Crippen molar-refractivity contribution in [3.63, 3.8) is 0 Å². The van der Waals surface area contributed by atoms with Crippen molar-refractivity contribution in [3.8, 4) is 0 Å². The summed E-state index contributed by atoms with van der Waals surface area (Å²) in [5.74, 6) is 0.835. The third-order valence-electron chi connectivity index (χ3n) is 4.11. The molecule has 1 fully saturated rings. The van der Waals surface area contributed by atoms with Crippen LogP contribution in [-0.2, 0) is 0 Å². The molecule has 0 aliphatic carbocycles. The summed E-state index contributed by atoms with van der Waals surface area (Å²) in [6, 6.07) is 8.14. The van der Waals surface area contributed by atoms with Gasteiger partial charge >= 0.3 is 0 Å². The molecule has 3 rings (SSSR count). The van der Waals surface area contributed by atoms with Gasteiger partial charge in [0.05, 0.1) is 11.2 Å². The normalized spacial score (nSPS) is 19.2. The number of aromatic nitrogens is 1. The number of pyridine rings is 1. The molecule has 0 bridgehead atoms. The van der Waals surface area contributed by atoms with Gasteiger partial charge in [-0.3, -0.25) is 4.98 Å². The summed E-state index contributed by atoms with van der Waals surface area (Å²) in [4.78, 5) is 7.00. The Balaban J connectivity index is 1.96. The van der Waals surface area contributed by atoms with E-state index >= 15 is 0 Å². The molecule has 19 heavy (non-hydrogen) atoms. The molecular formula is C16H21N3. The lowest BCUT2D eigenvalue weighted by atomic mass is 10.0. The van der Waals surface area contributed by atoms with Gasteiger partial charge < -0.3 is 10.6 Å². The first-order valence-corrected chi connectivity index (χ1v) is 7.17. The molecule has 2 N–H and O–H groups in total. The van der Waals surface area contributed by atoms with Crippen molar-refractivity contribution in [3.05, 3.63) is 30.5 Å². The van der Waals surface area contributed by atoms with Crippen LogP contribution in [0.4, 0.5) is 11.4 Å². The van der Waals surface area contributed by atoms with Gasteiger partial charge in [0.15, 0.2) is 0 Å². The summed E-state index contributed by atoms with van der Waals surface area (Å²) in [5, 5.41) is 1.07. The van der Waals surface area contributed by atoms with Crippen LogP contribution in [-0.4, -0.2) is 18.1 Å². The van der Waals surface area contributed by atoms with Gasteiger partial charge in [0.25, 0.3) is 0 Å². The van der Waals surface area contributed by atoms with E-state index in [1.54, 1.807) is 0 Å². The molecule has 3 nitrogen and oxygen atoms in total. The molecule has 0 spiro atoms. The Morgan fingerprint density at radius 3 is 3.11 bits per heavy atom. The van der Waals surface area contributed by atoms with Crippen LogP contribution in [0.15, 0.2) is 30.5 Å². The third-order valence-corrected chi connectivity index (χ3v) is 4.11. The van der Waals surface area contributed by atoms with Gasteiger partial charge in [-0.05, 0) is 43.0 Å². The van der Waals surface area contributed by atoms with Crippen molar-refractivity contribution in [2.24, 2.45) is 5.92 Å². The van der Waals surface area contributed by atoms with Gasteiger partial charge in [0.1, 0.15) is 0 Å². The predicted octanol–water partition coefficient (Wildman–Crippen LogP) is 3.44. The van der Waals surface area contributed by atoms with Gasteiger partial charge in [-0.15, -0.1) is 0 Å². The van der Waals surface area contributed by atoms with E-state index in [-0.39, 0.29) is 0 Å². The standard InChI is InChI=1S/C16H21N3/c1-2-4-12-8-10-19(11-12)15-7-6-14(17)13-5-3-9-18-16(13)15/h3,5-7,9,12H,2,4,8,10-11,17H2,1H3. The number of rotatable bonds is 3. The molecule has 2 heterocycles. The topological polar surface area (TPSA) is 42.1 Å². The fourth-order valence-electron chi connectivity index (χ4n) is 3.13. The molecule has 100 valence electrons. The quantitative estimate of drug-likeness (QED) is 0.854. The van der Waals surface area contributed by atoms with Crippen molar-refractivity contribution in [2.75, 3.05) is 23.7 Å². The summed E-state index contributed by atoms with van der Waals surface area (Å²) < 4.78 is 0. The SMILES string of the molecule is CCCC1CCN(c2ccc(N)c3cccnc23)C1. The molecule has 1 aromatic heterocycles. The Morgan fingerprint density at radius 2 is 2.26 bits per heavy atom. The second kappa shape index (κ2) is 5.08. The highest BCUT2D eigenvalue weighted by molar-refractivity contribution is 5.98. The summed E-state index contributed by atoms with van der Waals surface area (Å²) in [6.07, 6.45) is 5.76. The van der Waals surface area contributed by atoms with Crippen LogP contribution in [0.5, 0.6) is 0 Å². The number of anilines is 2. The van der Waals surface area contributed by atoms with E-state index in [9.17, 15) is 0 Å². The maximum absolute atomic E-state index is 6.04. The van der Waals surface area contributed by atoms with Crippen molar-refractivity contribution in [1.82, 2.24) is 4.98 Å². The minimum atomic E-state index is 0.816. The van der Waals surface area contributed by atoms with Gasteiger partial charge in [0, 0.05) is 30.4 Å². The number of benzene rings is 1. The zero-order valence-electron chi connectivity index (χ0n) is 11.5. The molecule has 1 unspecified atom stereocenters. The Hall–Kier alpha value is -1.77. The number of nitrogens with zero attached hydrogens (tertiary/aromatic N) is 2. The van der Waals surface area contributed by atoms with Crippen LogP contribution in [0.1, 0.15) is 26.2 Å². The summed E-state index contributed by atoms with van der Waals surface area (Å²) >= 11 is 0. The number of hydrogen-bond donors (Lipinski definition) is 1. The van der Waals surface area contributed by atoms with Crippen molar-refractivity contribution in [1.29, 1.82) is 0 Å². The molecule has 1 aromatic carbocycles. The zero-order chi connectivity index (χ0) is 13.2. The molecule has 2 aromatic rings. The highest BCUT2D eigenvalue weighted by Crippen LogP contribution is 2.33. The van der Waals surface area contributed by atoms with Gasteiger partial charge in [0.2, 0.25) is 0 Å². The Morgan fingerprint density at radius 1 is 1.37 bits per heavy atom. The molecular weight excluding hydrogens is 234 g/mol. The van der Waals surface area contributed by atoms with E-state index in [2.05, 4.69) is 28.9 Å². The van der Waals surface area contributed by atoms with E-state index in [4.69, 9.17) is 5.73 Å². The minimum Gasteiger partial charge on any atom is -0.398 e. The first kappa shape index (κ1) is 12.3. The van der Waals surface area contributed by atoms with Gasteiger partial charge in [-0.25, -0.2) is 0 Å². The summed E-state index contributed by atoms with van der Waals surface area (Å²) in [6.45, 7) is 4.56. The number of hydrogen-bond acceptors (Lipinski definition) is 3. The van der Waals surface area contributed by atoms with Crippen LogP contribution in [0.2, 0.25) is 0 Å². The van der Waals surface area contributed by atoms with E-state index in [0.29, 0.717) is 0 Å². The largest absolute Gasteiger partial charge is 0.398 e. The molecule has 3 heteroatoms. The second-order valence-electron chi connectivity index (χ2n) is 5.46.